The van der Waals surface area contributed by atoms with E-state index in [9.17, 15) is 22.4 Å². The molecule has 0 amide bonds. The van der Waals surface area contributed by atoms with E-state index in [2.05, 4.69) is 4.74 Å². The largest absolute Gasteiger partial charge is 0.450 e. The van der Waals surface area contributed by atoms with Crippen molar-refractivity contribution in [3.05, 3.63) is 71.8 Å². The van der Waals surface area contributed by atoms with E-state index in [0.717, 1.165) is 0 Å². The molecule has 2 aromatic carbocycles. The van der Waals surface area contributed by atoms with Gasteiger partial charge in [0.15, 0.2) is 6.10 Å². The van der Waals surface area contributed by atoms with E-state index < -0.39 is 29.4 Å². The topological polar surface area (TPSA) is 35.5 Å². The van der Waals surface area contributed by atoms with Crippen molar-refractivity contribution in [1.29, 1.82) is 0 Å². The summed E-state index contributed by atoms with van der Waals surface area (Å²) in [5, 5.41) is 0. The van der Waals surface area contributed by atoms with Gasteiger partial charge in [0.1, 0.15) is 0 Å². The SMILES string of the molecule is O=C(OC(COCc1ccccc1)C(F)(F)C(F)(F)Br)c1ccccc1. The molecule has 0 spiro atoms. The first-order valence-electron chi connectivity index (χ1n) is 7.54. The molecule has 1 unspecified atom stereocenters. The van der Waals surface area contributed by atoms with E-state index in [0.29, 0.717) is 5.56 Å². The maximum Gasteiger partial charge on any atom is 0.367 e. The highest BCUT2D eigenvalue weighted by Gasteiger charge is 2.61. The Balaban J connectivity index is 2.10. The second-order valence-electron chi connectivity index (χ2n) is 5.38. The van der Waals surface area contributed by atoms with Crippen molar-refractivity contribution in [3.8, 4) is 0 Å². The summed E-state index contributed by atoms with van der Waals surface area (Å²) in [4.78, 5) is 7.42. The van der Waals surface area contributed by atoms with E-state index in [4.69, 9.17) is 4.74 Å². The van der Waals surface area contributed by atoms with Crippen LogP contribution in [0.3, 0.4) is 0 Å². The maximum absolute atomic E-state index is 14.0. The summed E-state index contributed by atoms with van der Waals surface area (Å²) in [5.41, 5.74) is 0.629. The molecule has 0 heterocycles. The van der Waals surface area contributed by atoms with Crippen molar-refractivity contribution in [2.24, 2.45) is 0 Å². The summed E-state index contributed by atoms with van der Waals surface area (Å²) in [6, 6.07) is 15.8. The number of hydrogen-bond donors (Lipinski definition) is 0. The summed E-state index contributed by atoms with van der Waals surface area (Å²) in [6.45, 7) is -0.994. The zero-order chi connectivity index (χ0) is 19.2. The van der Waals surface area contributed by atoms with Crippen LogP contribution in [0.1, 0.15) is 15.9 Å². The fraction of sp³-hybridized carbons (Fsp3) is 0.278. The van der Waals surface area contributed by atoms with E-state index >= 15 is 0 Å². The van der Waals surface area contributed by atoms with Crippen LogP contribution in [0.2, 0.25) is 0 Å². The molecule has 2 aromatic rings. The molecule has 0 saturated heterocycles. The van der Waals surface area contributed by atoms with Gasteiger partial charge in [0.05, 0.1) is 18.8 Å². The van der Waals surface area contributed by atoms with Crippen LogP contribution < -0.4 is 0 Å². The van der Waals surface area contributed by atoms with Crippen molar-refractivity contribution in [3.63, 3.8) is 0 Å². The van der Waals surface area contributed by atoms with Crippen molar-refractivity contribution in [2.45, 2.75) is 23.5 Å². The summed E-state index contributed by atoms with van der Waals surface area (Å²) in [7, 11) is 0. The van der Waals surface area contributed by atoms with Gasteiger partial charge in [0, 0.05) is 0 Å². The van der Waals surface area contributed by atoms with Crippen LogP contribution in [0.5, 0.6) is 0 Å². The molecule has 2 rings (SSSR count). The van der Waals surface area contributed by atoms with Gasteiger partial charge in [0.2, 0.25) is 0 Å². The minimum Gasteiger partial charge on any atom is -0.450 e. The Morgan fingerprint density at radius 1 is 0.962 bits per heavy atom. The van der Waals surface area contributed by atoms with E-state index in [1.54, 1.807) is 52.3 Å². The van der Waals surface area contributed by atoms with Gasteiger partial charge in [-0.05, 0) is 33.6 Å². The second-order valence-corrected chi connectivity index (χ2v) is 6.38. The molecular weight excluding hydrogens is 420 g/mol. The van der Waals surface area contributed by atoms with Crippen LogP contribution in [0.4, 0.5) is 17.6 Å². The number of esters is 1. The highest BCUT2D eigenvalue weighted by atomic mass is 79.9. The smallest absolute Gasteiger partial charge is 0.367 e. The van der Waals surface area contributed by atoms with E-state index in [1.165, 1.54) is 24.3 Å². The molecule has 0 aliphatic carbocycles. The monoisotopic (exact) mass is 434 g/mol. The normalized spacial score (nSPS) is 13.3. The molecule has 0 aromatic heterocycles. The van der Waals surface area contributed by atoms with Gasteiger partial charge in [-0.15, -0.1) is 0 Å². The lowest BCUT2D eigenvalue weighted by molar-refractivity contribution is -0.217. The van der Waals surface area contributed by atoms with Gasteiger partial charge in [-0.2, -0.15) is 17.6 Å². The molecule has 0 bridgehead atoms. The number of ether oxygens (including phenoxy) is 2. The first kappa shape index (κ1) is 20.4. The second kappa shape index (κ2) is 8.64. The third kappa shape index (κ3) is 5.28. The first-order chi connectivity index (χ1) is 12.2. The summed E-state index contributed by atoms with van der Waals surface area (Å²) >= 11 is 1.65. The Hall–Kier alpha value is -1.93. The lowest BCUT2D eigenvalue weighted by atomic mass is 10.2. The average molecular weight is 435 g/mol. The van der Waals surface area contributed by atoms with Crippen LogP contribution in [-0.4, -0.2) is 29.4 Å². The van der Waals surface area contributed by atoms with E-state index in [-0.39, 0.29) is 12.2 Å². The molecule has 140 valence electrons. The van der Waals surface area contributed by atoms with Gasteiger partial charge in [-0.25, -0.2) is 4.79 Å². The summed E-state index contributed by atoms with van der Waals surface area (Å²) in [5.74, 6) is -5.82. The fourth-order valence-corrected chi connectivity index (χ4v) is 2.28. The number of rotatable bonds is 8. The minimum absolute atomic E-state index is 0.0331. The Morgan fingerprint density at radius 3 is 2.04 bits per heavy atom. The van der Waals surface area contributed by atoms with Gasteiger partial charge >= 0.3 is 16.7 Å². The zero-order valence-corrected chi connectivity index (χ0v) is 15.0. The van der Waals surface area contributed by atoms with Crippen LogP contribution in [0.25, 0.3) is 0 Å². The molecule has 0 aliphatic heterocycles. The van der Waals surface area contributed by atoms with Crippen molar-refractivity contribution in [2.75, 3.05) is 6.61 Å². The number of carbonyl (C=O) groups is 1. The Morgan fingerprint density at radius 2 is 1.50 bits per heavy atom. The van der Waals surface area contributed by atoms with Gasteiger partial charge in [-0.3, -0.25) is 0 Å². The van der Waals surface area contributed by atoms with Crippen molar-refractivity contribution >= 4 is 21.9 Å². The molecular formula is C18H15BrF4O3. The predicted molar refractivity (Wildman–Crippen MR) is 90.6 cm³/mol. The number of carbonyl (C=O) groups excluding carboxylic acids is 1. The molecule has 0 saturated carbocycles. The zero-order valence-electron chi connectivity index (χ0n) is 13.4. The van der Waals surface area contributed by atoms with Crippen LogP contribution in [0.15, 0.2) is 60.7 Å². The summed E-state index contributed by atoms with van der Waals surface area (Å²) < 4.78 is 64.4. The Bertz CT molecular complexity index is 705. The maximum atomic E-state index is 14.0. The first-order valence-corrected chi connectivity index (χ1v) is 8.33. The number of hydrogen-bond acceptors (Lipinski definition) is 3. The van der Waals surface area contributed by atoms with Crippen LogP contribution in [0, 0.1) is 0 Å². The van der Waals surface area contributed by atoms with E-state index in [1.807, 2.05) is 0 Å². The fourth-order valence-electron chi connectivity index (χ4n) is 2.02. The molecule has 3 nitrogen and oxygen atoms in total. The number of alkyl halides is 5. The Kier molecular flexibility index (Phi) is 6.77. The third-order valence-electron chi connectivity index (χ3n) is 3.42. The van der Waals surface area contributed by atoms with Crippen molar-refractivity contribution in [1.82, 2.24) is 0 Å². The van der Waals surface area contributed by atoms with Gasteiger partial charge < -0.3 is 9.47 Å². The lowest BCUT2D eigenvalue weighted by Gasteiger charge is -2.29. The van der Waals surface area contributed by atoms with Crippen LogP contribution >= 0.6 is 15.9 Å². The quantitative estimate of drug-likeness (QED) is 0.331. The van der Waals surface area contributed by atoms with Gasteiger partial charge in [0.25, 0.3) is 0 Å². The minimum atomic E-state index is -4.67. The van der Waals surface area contributed by atoms with Crippen molar-refractivity contribution < 1.29 is 31.8 Å². The standard InChI is InChI=1S/C18H15BrF4O3/c19-18(22,23)17(20,21)15(12-25-11-13-7-3-1-4-8-13)26-16(24)14-9-5-2-6-10-14/h1-10,15H,11-12H2. The molecule has 0 aliphatic rings. The molecule has 26 heavy (non-hydrogen) atoms. The highest BCUT2D eigenvalue weighted by Crippen LogP contribution is 2.43. The van der Waals surface area contributed by atoms with Gasteiger partial charge in [-0.1, -0.05) is 48.5 Å². The average Bonchev–Trinajstić information content (AvgIpc) is 2.61. The number of benzene rings is 2. The predicted octanol–water partition coefficient (Wildman–Crippen LogP) is 5.05. The van der Waals surface area contributed by atoms with Crippen LogP contribution in [-0.2, 0) is 16.1 Å². The molecule has 0 fully saturated rings. The molecule has 8 heteroatoms. The summed E-state index contributed by atoms with van der Waals surface area (Å²) in [6.07, 6.45) is -2.48. The molecule has 0 N–H and O–H groups in total. The number of halogens is 5. The highest BCUT2D eigenvalue weighted by molar-refractivity contribution is 9.10. The molecule has 0 radical (unpaired) electrons. The molecule has 1 atom stereocenters. The Labute approximate surface area is 156 Å². The lowest BCUT2D eigenvalue weighted by Crippen LogP contribution is -2.50. The third-order valence-corrected chi connectivity index (χ3v) is 3.95.